The molecule has 1 rings (SSSR count). The minimum atomic E-state index is 0.480. The van der Waals surface area contributed by atoms with Crippen molar-refractivity contribution in [2.75, 3.05) is 6.61 Å². The van der Waals surface area contributed by atoms with Crippen molar-refractivity contribution in [1.29, 1.82) is 0 Å². The third-order valence-electron chi connectivity index (χ3n) is 1.19. The highest BCUT2D eigenvalue weighted by molar-refractivity contribution is 5.47. The van der Waals surface area contributed by atoms with Crippen LogP contribution in [0.2, 0.25) is 0 Å². The van der Waals surface area contributed by atoms with Crippen molar-refractivity contribution in [2.45, 2.75) is 6.92 Å². The molecule has 1 heterocycles. The molecular formula is C8H8N2O2. The van der Waals surface area contributed by atoms with Gasteiger partial charge in [0.15, 0.2) is 0 Å². The van der Waals surface area contributed by atoms with Crippen LogP contribution in [0.1, 0.15) is 6.92 Å². The predicted octanol–water partition coefficient (Wildman–Crippen LogP) is 1.45. The maximum absolute atomic E-state index is 9.83. The maximum Gasteiger partial charge on any atom is 0.240 e. The van der Waals surface area contributed by atoms with E-state index in [4.69, 9.17) is 4.74 Å². The normalized spacial score (nSPS) is 8.75. The van der Waals surface area contributed by atoms with Crippen LogP contribution >= 0.6 is 0 Å². The Balaban J connectivity index is 2.77. The highest BCUT2D eigenvalue weighted by Gasteiger charge is 1.92. The molecule has 0 fully saturated rings. The van der Waals surface area contributed by atoms with Crippen LogP contribution in [0.15, 0.2) is 23.3 Å². The summed E-state index contributed by atoms with van der Waals surface area (Å²) < 4.78 is 5.09. The zero-order valence-electron chi connectivity index (χ0n) is 6.65. The van der Waals surface area contributed by atoms with Gasteiger partial charge in [-0.15, -0.1) is 0 Å². The van der Waals surface area contributed by atoms with Crippen LogP contribution in [0, 0.1) is 0 Å². The summed E-state index contributed by atoms with van der Waals surface area (Å²) in [7, 11) is 0. The van der Waals surface area contributed by atoms with Crippen molar-refractivity contribution in [3.05, 3.63) is 18.3 Å². The number of hydrogen-bond donors (Lipinski definition) is 0. The third kappa shape index (κ3) is 2.18. The Bertz CT molecular complexity index is 288. The van der Waals surface area contributed by atoms with E-state index in [1.165, 1.54) is 12.3 Å². The molecular weight excluding hydrogens is 156 g/mol. The summed E-state index contributed by atoms with van der Waals surface area (Å²) in [6, 6.07) is 3.29. The molecule has 0 aromatic carbocycles. The third-order valence-corrected chi connectivity index (χ3v) is 1.19. The van der Waals surface area contributed by atoms with Crippen molar-refractivity contribution < 1.29 is 9.53 Å². The van der Waals surface area contributed by atoms with Gasteiger partial charge in [0.05, 0.1) is 18.5 Å². The van der Waals surface area contributed by atoms with Gasteiger partial charge in [-0.3, -0.25) is 0 Å². The van der Waals surface area contributed by atoms with Gasteiger partial charge in [0, 0.05) is 6.07 Å². The van der Waals surface area contributed by atoms with Crippen LogP contribution < -0.4 is 4.74 Å². The fourth-order valence-corrected chi connectivity index (χ4v) is 0.725. The highest BCUT2D eigenvalue weighted by atomic mass is 16.5. The first kappa shape index (κ1) is 8.43. The molecule has 0 saturated carbocycles. The summed E-state index contributed by atoms with van der Waals surface area (Å²) >= 11 is 0. The quantitative estimate of drug-likeness (QED) is 0.501. The first-order chi connectivity index (χ1) is 5.86. The average molecular weight is 164 g/mol. The summed E-state index contributed by atoms with van der Waals surface area (Å²) in [5.74, 6) is 0.530. The topological polar surface area (TPSA) is 51.5 Å². The van der Waals surface area contributed by atoms with E-state index in [9.17, 15) is 4.79 Å². The lowest BCUT2D eigenvalue weighted by molar-refractivity contribution is 0.327. The van der Waals surface area contributed by atoms with Crippen LogP contribution in [-0.2, 0) is 4.79 Å². The Morgan fingerprint density at radius 3 is 3.00 bits per heavy atom. The zero-order valence-corrected chi connectivity index (χ0v) is 6.65. The molecule has 0 amide bonds. The predicted molar refractivity (Wildman–Crippen MR) is 43.2 cm³/mol. The van der Waals surface area contributed by atoms with E-state index < -0.39 is 0 Å². The summed E-state index contributed by atoms with van der Waals surface area (Å²) in [6.45, 7) is 2.45. The number of nitrogens with zero attached hydrogens (tertiary/aromatic N) is 2. The number of rotatable bonds is 3. The van der Waals surface area contributed by atoms with Crippen LogP contribution in [0.25, 0.3) is 0 Å². The van der Waals surface area contributed by atoms with Gasteiger partial charge >= 0.3 is 0 Å². The Kier molecular flexibility index (Phi) is 2.99. The second-order valence-electron chi connectivity index (χ2n) is 1.99. The Labute approximate surface area is 69.9 Å². The first-order valence-corrected chi connectivity index (χ1v) is 3.53. The van der Waals surface area contributed by atoms with Gasteiger partial charge in [-0.2, -0.15) is 4.99 Å². The summed E-state index contributed by atoms with van der Waals surface area (Å²) in [5.41, 5.74) is 0.480. The lowest BCUT2D eigenvalue weighted by Crippen LogP contribution is -1.92. The molecule has 12 heavy (non-hydrogen) atoms. The molecule has 0 aliphatic rings. The number of aromatic nitrogens is 1. The lowest BCUT2D eigenvalue weighted by atomic mass is 10.4. The molecule has 1 aromatic heterocycles. The van der Waals surface area contributed by atoms with E-state index in [0.717, 1.165) is 0 Å². The van der Waals surface area contributed by atoms with Crippen LogP contribution in [0.3, 0.4) is 0 Å². The molecule has 0 saturated heterocycles. The summed E-state index contributed by atoms with van der Waals surface area (Å²) in [6.07, 6.45) is 2.88. The van der Waals surface area contributed by atoms with Crippen LogP contribution in [-0.4, -0.2) is 17.7 Å². The molecule has 0 aliphatic carbocycles. The molecule has 0 atom stereocenters. The maximum atomic E-state index is 9.83. The van der Waals surface area contributed by atoms with Gasteiger partial charge in [0.2, 0.25) is 12.0 Å². The van der Waals surface area contributed by atoms with E-state index in [1.54, 1.807) is 12.1 Å². The molecule has 4 nitrogen and oxygen atoms in total. The molecule has 0 N–H and O–H groups in total. The monoisotopic (exact) mass is 164 g/mol. The van der Waals surface area contributed by atoms with Gasteiger partial charge < -0.3 is 4.74 Å². The number of isocyanates is 1. The van der Waals surface area contributed by atoms with Gasteiger partial charge in [-0.1, -0.05) is 0 Å². The molecule has 0 aliphatic heterocycles. The lowest BCUT2D eigenvalue weighted by Gasteiger charge is -1.99. The SMILES string of the molecule is CCOc1ccc(N=C=O)cn1. The van der Waals surface area contributed by atoms with Crippen molar-refractivity contribution in [3.8, 4) is 5.88 Å². The van der Waals surface area contributed by atoms with Crippen molar-refractivity contribution in [2.24, 2.45) is 4.99 Å². The molecule has 0 unspecified atom stereocenters. The zero-order chi connectivity index (χ0) is 8.81. The standard InChI is InChI=1S/C8H8N2O2/c1-2-12-8-4-3-7(5-9-8)10-6-11/h3-5H,2H2,1H3. The van der Waals surface area contributed by atoms with Gasteiger partial charge in [0.1, 0.15) is 0 Å². The second kappa shape index (κ2) is 4.26. The number of hydrogen-bond acceptors (Lipinski definition) is 4. The van der Waals surface area contributed by atoms with Gasteiger partial charge in [-0.25, -0.2) is 9.78 Å². The minimum absolute atomic E-state index is 0.480. The Morgan fingerprint density at radius 2 is 2.50 bits per heavy atom. The molecule has 4 heteroatoms. The van der Waals surface area contributed by atoms with Gasteiger partial charge in [0.25, 0.3) is 0 Å². The van der Waals surface area contributed by atoms with E-state index in [2.05, 4.69) is 9.98 Å². The second-order valence-corrected chi connectivity index (χ2v) is 1.99. The van der Waals surface area contributed by atoms with E-state index in [0.29, 0.717) is 18.2 Å². The molecule has 0 spiro atoms. The number of aliphatic imine (C=N–C) groups is 1. The van der Waals surface area contributed by atoms with Crippen molar-refractivity contribution >= 4 is 11.8 Å². The number of pyridine rings is 1. The smallest absolute Gasteiger partial charge is 0.240 e. The van der Waals surface area contributed by atoms with E-state index >= 15 is 0 Å². The molecule has 0 bridgehead atoms. The summed E-state index contributed by atoms with van der Waals surface area (Å²) in [5, 5.41) is 0. The number of ether oxygens (including phenoxy) is 1. The molecule has 62 valence electrons. The van der Waals surface area contributed by atoms with Crippen LogP contribution in [0.4, 0.5) is 5.69 Å². The molecule has 1 aromatic rings. The minimum Gasteiger partial charge on any atom is -0.478 e. The number of carbonyl (C=O) groups excluding carboxylic acids is 1. The Hall–Kier alpha value is -1.67. The Morgan fingerprint density at radius 1 is 1.67 bits per heavy atom. The first-order valence-electron chi connectivity index (χ1n) is 3.53. The van der Waals surface area contributed by atoms with Crippen molar-refractivity contribution in [3.63, 3.8) is 0 Å². The summed E-state index contributed by atoms with van der Waals surface area (Å²) in [4.78, 5) is 17.1. The van der Waals surface area contributed by atoms with Crippen molar-refractivity contribution in [1.82, 2.24) is 4.98 Å². The average Bonchev–Trinajstić information content (AvgIpc) is 2.09. The van der Waals surface area contributed by atoms with Gasteiger partial charge in [-0.05, 0) is 13.0 Å². The largest absolute Gasteiger partial charge is 0.478 e. The highest BCUT2D eigenvalue weighted by Crippen LogP contribution is 2.13. The van der Waals surface area contributed by atoms with E-state index in [-0.39, 0.29) is 0 Å². The fourth-order valence-electron chi connectivity index (χ4n) is 0.725. The molecule has 0 radical (unpaired) electrons. The van der Waals surface area contributed by atoms with Crippen LogP contribution in [0.5, 0.6) is 5.88 Å². The van der Waals surface area contributed by atoms with E-state index in [1.807, 2.05) is 6.92 Å². The fraction of sp³-hybridized carbons (Fsp3) is 0.250.